The number of carbonyl (C=O) groups excluding carboxylic acids is 1. The van der Waals surface area contributed by atoms with E-state index in [9.17, 15) is 23.1 Å². The summed E-state index contributed by atoms with van der Waals surface area (Å²) in [6, 6.07) is 0. The van der Waals surface area contributed by atoms with Crippen molar-refractivity contribution in [3.63, 3.8) is 0 Å². The summed E-state index contributed by atoms with van der Waals surface area (Å²) < 4.78 is 45.0. The van der Waals surface area contributed by atoms with Gasteiger partial charge in [-0.1, -0.05) is 6.58 Å². The van der Waals surface area contributed by atoms with E-state index in [1.165, 1.54) is 39.0 Å². The third-order valence-electron chi connectivity index (χ3n) is 6.98. The molecule has 4 fully saturated rings. The molecule has 0 spiro atoms. The van der Waals surface area contributed by atoms with Crippen molar-refractivity contribution in [3.05, 3.63) is 12.2 Å². The van der Waals surface area contributed by atoms with E-state index < -0.39 is 23.9 Å². The molecule has 0 aliphatic heterocycles. The summed E-state index contributed by atoms with van der Waals surface area (Å²) in [4.78, 5) is 11.8. The lowest BCUT2D eigenvalue weighted by Gasteiger charge is -2.55. The number of esters is 1. The van der Waals surface area contributed by atoms with Gasteiger partial charge in [-0.3, -0.25) is 0 Å². The Balaban J connectivity index is 1.69. The first kappa shape index (κ1) is 19.7. The third-order valence-corrected chi connectivity index (χ3v) is 6.98. The minimum Gasteiger partial charge on any atom is -0.456 e. The highest BCUT2D eigenvalue weighted by atomic mass is 19.4. The number of carbonyl (C=O) groups is 1. The van der Waals surface area contributed by atoms with Crippen LogP contribution in [0.2, 0.25) is 0 Å². The largest absolute Gasteiger partial charge is 0.456 e. The molecular weight excluding hydrogens is 345 g/mol. The van der Waals surface area contributed by atoms with E-state index in [4.69, 9.17) is 4.74 Å². The van der Waals surface area contributed by atoms with E-state index >= 15 is 0 Å². The summed E-state index contributed by atoms with van der Waals surface area (Å²) >= 11 is 0. The molecule has 4 rings (SSSR count). The van der Waals surface area contributed by atoms with Gasteiger partial charge in [0.2, 0.25) is 0 Å². The predicted octanol–water partition coefficient (Wildman–Crippen LogP) is 4.64. The highest BCUT2D eigenvalue weighted by molar-refractivity contribution is 5.87. The van der Waals surface area contributed by atoms with Crippen molar-refractivity contribution in [1.29, 1.82) is 0 Å². The molecule has 3 nitrogen and oxygen atoms in total. The first-order valence-electron chi connectivity index (χ1n) is 9.64. The molecule has 4 bridgehead atoms. The zero-order chi connectivity index (χ0) is 19.3. The van der Waals surface area contributed by atoms with Crippen molar-refractivity contribution in [2.45, 2.75) is 76.7 Å². The summed E-state index contributed by atoms with van der Waals surface area (Å²) in [5.74, 6) is 2.26. The fourth-order valence-electron chi connectivity index (χ4n) is 5.72. The highest BCUT2D eigenvalue weighted by Crippen LogP contribution is 2.57. The van der Waals surface area contributed by atoms with Crippen LogP contribution >= 0.6 is 0 Å². The SMILES string of the molecule is C=C(C)C(=O)OC(CCC1C2CC3CC(C2)CC1C3)C(C)(O)C(F)(F)F. The molecule has 4 saturated carbocycles. The highest BCUT2D eigenvalue weighted by Gasteiger charge is 2.57. The van der Waals surface area contributed by atoms with E-state index in [0.717, 1.165) is 11.8 Å². The third kappa shape index (κ3) is 3.67. The van der Waals surface area contributed by atoms with Crippen molar-refractivity contribution in [1.82, 2.24) is 0 Å². The maximum Gasteiger partial charge on any atom is 0.420 e. The molecule has 148 valence electrons. The molecule has 6 heteroatoms. The molecule has 4 aliphatic rings. The Kier molecular flexibility index (Phi) is 5.19. The second-order valence-electron chi connectivity index (χ2n) is 8.99. The summed E-state index contributed by atoms with van der Waals surface area (Å²) in [5, 5.41) is 10.1. The second kappa shape index (κ2) is 6.84. The van der Waals surface area contributed by atoms with Gasteiger partial charge in [0.25, 0.3) is 0 Å². The average Bonchev–Trinajstić information content (AvgIpc) is 2.50. The number of ether oxygens (including phenoxy) is 1. The van der Waals surface area contributed by atoms with Gasteiger partial charge in [0, 0.05) is 5.57 Å². The first-order valence-corrected chi connectivity index (χ1v) is 9.64. The Morgan fingerprint density at radius 1 is 1.15 bits per heavy atom. The van der Waals surface area contributed by atoms with Gasteiger partial charge in [-0.05, 0) is 88.4 Å². The van der Waals surface area contributed by atoms with Gasteiger partial charge in [0.15, 0.2) is 5.60 Å². The van der Waals surface area contributed by atoms with Crippen LogP contribution in [0.15, 0.2) is 12.2 Å². The van der Waals surface area contributed by atoms with Crippen LogP contribution in [0.25, 0.3) is 0 Å². The van der Waals surface area contributed by atoms with Crippen LogP contribution in [0.3, 0.4) is 0 Å². The summed E-state index contributed by atoms with van der Waals surface area (Å²) in [7, 11) is 0. The van der Waals surface area contributed by atoms with Crippen LogP contribution in [0.5, 0.6) is 0 Å². The molecule has 4 aliphatic carbocycles. The van der Waals surface area contributed by atoms with Gasteiger partial charge < -0.3 is 9.84 Å². The number of rotatable bonds is 6. The topological polar surface area (TPSA) is 46.5 Å². The lowest BCUT2D eigenvalue weighted by atomic mass is 9.51. The fraction of sp³-hybridized carbons (Fsp3) is 0.850. The smallest absolute Gasteiger partial charge is 0.420 e. The molecule has 2 unspecified atom stereocenters. The van der Waals surface area contributed by atoms with Crippen LogP contribution in [-0.4, -0.2) is 29.0 Å². The Bertz CT molecular complexity index is 539. The van der Waals surface area contributed by atoms with Crippen molar-refractivity contribution in [2.24, 2.45) is 29.6 Å². The van der Waals surface area contributed by atoms with E-state index in [0.29, 0.717) is 31.1 Å². The van der Waals surface area contributed by atoms with Crippen molar-refractivity contribution in [3.8, 4) is 0 Å². The summed E-state index contributed by atoms with van der Waals surface area (Å²) in [6.07, 6.45) is 0.177. The van der Waals surface area contributed by atoms with E-state index in [1.807, 2.05) is 0 Å². The Hall–Kier alpha value is -1.04. The van der Waals surface area contributed by atoms with Gasteiger partial charge in [-0.2, -0.15) is 13.2 Å². The molecule has 0 aromatic carbocycles. The normalized spacial score (nSPS) is 36.5. The van der Waals surface area contributed by atoms with Gasteiger partial charge in [-0.25, -0.2) is 4.79 Å². The van der Waals surface area contributed by atoms with Gasteiger partial charge in [0.1, 0.15) is 6.10 Å². The second-order valence-corrected chi connectivity index (χ2v) is 8.99. The van der Waals surface area contributed by atoms with E-state index in [-0.39, 0.29) is 12.0 Å². The van der Waals surface area contributed by atoms with Crippen LogP contribution in [0, 0.1) is 29.6 Å². The fourth-order valence-corrected chi connectivity index (χ4v) is 5.72. The zero-order valence-electron chi connectivity index (χ0n) is 15.5. The standard InChI is InChI=1S/C20H29F3O3/c1-11(2)18(24)26-17(19(3,25)20(21,22)23)5-4-16-14-7-12-6-13(9-14)10-15(16)8-12/h12-17,25H,1,4-10H2,2-3H3. The van der Waals surface area contributed by atoms with Crippen molar-refractivity contribution < 1.29 is 27.8 Å². The molecule has 26 heavy (non-hydrogen) atoms. The molecule has 0 aromatic heterocycles. The molecule has 2 atom stereocenters. The van der Waals surface area contributed by atoms with Gasteiger partial charge >= 0.3 is 12.1 Å². The summed E-state index contributed by atoms with van der Waals surface area (Å²) in [5.41, 5.74) is -3.04. The lowest BCUT2D eigenvalue weighted by Crippen LogP contribution is -2.54. The lowest BCUT2D eigenvalue weighted by molar-refractivity contribution is -0.286. The monoisotopic (exact) mass is 374 g/mol. The maximum atomic E-state index is 13.3. The van der Waals surface area contributed by atoms with Crippen LogP contribution < -0.4 is 0 Å². The molecule has 0 aromatic rings. The minimum atomic E-state index is -4.86. The number of hydrogen-bond donors (Lipinski definition) is 1. The number of halogens is 3. The van der Waals surface area contributed by atoms with Crippen LogP contribution in [-0.2, 0) is 9.53 Å². The van der Waals surface area contributed by atoms with Crippen LogP contribution in [0.4, 0.5) is 13.2 Å². The molecule has 0 heterocycles. The number of alkyl halides is 3. The maximum absolute atomic E-state index is 13.3. The predicted molar refractivity (Wildman–Crippen MR) is 91.1 cm³/mol. The Morgan fingerprint density at radius 3 is 2.08 bits per heavy atom. The number of aliphatic hydroxyl groups is 1. The quantitative estimate of drug-likeness (QED) is 0.544. The van der Waals surface area contributed by atoms with Crippen molar-refractivity contribution in [2.75, 3.05) is 0 Å². The average molecular weight is 374 g/mol. The first-order chi connectivity index (χ1) is 12.0. The minimum absolute atomic E-state index is 0.0263. The zero-order valence-corrected chi connectivity index (χ0v) is 15.5. The van der Waals surface area contributed by atoms with Gasteiger partial charge in [0.05, 0.1) is 0 Å². The molecule has 0 saturated heterocycles. The Morgan fingerprint density at radius 2 is 1.65 bits per heavy atom. The molecule has 1 N–H and O–H groups in total. The number of hydrogen-bond acceptors (Lipinski definition) is 3. The molecular formula is C20H29F3O3. The van der Waals surface area contributed by atoms with Crippen molar-refractivity contribution >= 4 is 5.97 Å². The molecule has 0 radical (unpaired) electrons. The van der Waals surface area contributed by atoms with E-state index in [2.05, 4.69) is 6.58 Å². The Labute approximate surface area is 153 Å². The van der Waals surface area contributed by atoms with Gasteiger partial charge in [-0.15, -0.1) is 0 Å². The van der Waals surface area contributed by atoms with E-state index in [1.54, 1.807) is 0 Å². The van der Waals surface area contributed by atoms with Crippen LogP contribution in [0.1, 0.15) is 58.8 Å². The summed E-state index contributed by atoms with van der Waals surface area (Å²) in [6.45, 7) is 5.51. The molecule has 0 amide bonds.